The van der Waals surface area contributed by atoms with Crippen molar-refractivity contribution in [2.75, 3.05) is 26.9 Å². The maximum absolute atomic E-state index is 11.6. The Balaban J connectivity index is 1.69. The molecule has 0 saturated carbocycles. The molecule has 0 amide bonds. The summed E-state index contributed by atoms with van der Waals surface area (Å²) in [5.74, 6) is 4.96. The van der Waals surface area contributed by atoms with E-state index >= 15 is 0 Å². The Morgan fingerprint density at radius 1 is 1.10 bits per heavy atom. The van der Waals surface area contributed by atoms with Gasteiger partial charge in [0, 0.05) is 34.5 Å². The number of aromatic carboxylic acids is 1. The van der Waals surface area contributed by atoms with Gasteiger partial charge in [-0.15, -0.1) is 0 Å². The molecule has 0 aliphatic rings. The molecule has 2 aromatic carbocycles. The molecule has 2 N–H and O–H groups in total. The molecule has 0 fully saturated rings. The number of hydrogen-bond donors (Lipinski definition) is 2. The van der Waals surface area contributed by atoms with E-state index in [4.69, 9.17) is 9.47 Å². The molecule has 0 bridgehead atoms. The Bertz CT molecular complexity index is 1260. The molecule has 6 heteroatoms. The van der Waals surface area contributed by atoms with E-state index in [-0.39, 0.29) is 5.69 Å². The highest BCUT2D eigenvalue weighted by atomic mass is 16.5. The van der Waals surface area contributed by atoms with Gasteiger partial charge in [-0.05, 0) is 24.3 Å². The van der Waals surface area contributed by atoms with Crippen LogP contribution in [0.25, 0.3) is 33.1 Å². The largest absolute Gasteiger partial charge is 0.477 e. The van der Waals surface area contributed by atoms with E-state index in [0.717, 1.165) is 32.9 Å². The van der Waals surface area contributed by atoms with Crippen molar-refractivity contribution in [2.24, 2.45) is 0 Å². The van der Waals surface area contributed by atoms with Crippen LogP contribution in [-0.4, -0.2) is 48.0 Å². The minimum absolute atomic E-state index is 0.0133. The van der Waals surface area contributed by atoms with Crippen LogP contribution >= 0.6 is 0 Å². The molecule has 0 radical (unpaired) electrons. The monoisotopic (exact) mass is 400 g/mol. The second-order valence-corrected chi connectivity index (χ2v) is 6.68. The van der Waals surface area contributed by atoms with Crippen molar-refractivity contribution in [2.45, 2.75) is 0 Å². The van der Waals surface area contributed by atoms with Gasteiger partial charge in [-0.2, -0.15) is 0 Å². The molecule has 6 nitrogen and oxygen atoms in total. The highest BCUT2D eigenvalue weighted by Crippen LogP contribution is 2.32. The third-order valence-corrected chi connectivity index (χ3v) is 4.71. The predicted octanol–water partition coefficient (Wildman–Crippen LogP) is 4.10. The van der Waals surface area contributed by atoms with E-state index in [2.05, 4.69) is 21.8 Å². The number of aromatic nitrogens is 2. The van der Waals surface area contributed by atoms with Crippen LogP contribution in [0.3, 0.4) is 0 Å². The smallest absolute Gasteiger partial charge is 0.354 e. The molecule has 4 rings (SSSR count). The lowest BCUT2D eigenvalue weighted by atomic mass is 10.0. The number of hydrogen-bond acceptors (Lipinski definition) is 4. The molecule has 2 aromatic heterocycles. The molecule has 0 saturated heterocycles. The number of nitrogens with zero attached hydrogens (tertiary/aromatic N) is 1. The summed E-state index contributed by atoms with van der Waals surface area (Å²) in [6.07, 6.45) is 0. The zero-order valence-corrected chi connectivity index (χ0v) is 16.4. The number of aromatic amines is 1. The second-order valence-electron chi connectivity index (χ2n) is 6.68. The van der Waals surface area contributed by atoms with E-state index < -0.39 is 5.97 Å². The Morgan fingerprint density at radius 2 is 1.90 bits per heavy atom. The summed E-state index contributed by atoms with van der Waals surface area (Å²) in [4.78, 5) is 19.4. The predicted molar refractivity (Wildman–Crippen MR) is 116 cm³/mol. The van der Waals surface area contributed by atoms with E-state index in [1.165, 1.54) is 0 Å². The Morgan fingerprint density at radius 3 is 2.67 bits per heavy atom. The van der Waals surface area contributed by atoms with E-state index in [9.17, 15) is 9.90 Å². The molecule has 150 valence electrons. The van der Waals surface area contributed by atoms with E-state index in [0.29, 0.717) is 25.5 Å². The molecular formula is C24H20N2O4. The van der Waals surface area contributed by atoms with Gasteiger partial charge in [0.05, 0.1) is 24.4 Å². The van der Waals surface area contributed by atoms with Gasteiger partial charge in [-0.3, -0.25) is 0 Å². The average Bonchev–Trinajstić information content (AvgIpc) is 3.15. The van der Waals surface area contributed by atoms with Crippen molar-refractivity contribution in [1.82, 2.24) is 9.97 Å². The van der Waals surface area contributed by atoms with Gasteiger partial charge >= 0.3 is 5.97 Å². The number of H-pyrrole nitrogens is 1. The fourth-order valence-corrected chi connectivity index (χ4v) is 3.28. The maximum Gasteiger partial charge on any atom is 0.354 e. The summed E-state index contributed by atoms with van der Waals surface area (Å²) in [6.45, 7) is 1.39. The standard InChI is InChI=1S/C24H20N2O4/c1-29-13-14-30-12-4-5-16-8-10-17(11-9-16)22-23-19(15-21(26-22)24(27)28)18-6-2-3-7-20(18)25-23/h2-3,6-11,15,25H,12-14H2,1H3,(H,27,28). The number of carboxylic acids is 1. The minimum Gasteiger partial charge on any atom is -0.477 e. The molecule has 0 spiro atoms. The Hall–Kier alpha value is -3.66. The molecule has 0 aliphatic heterocycles. The third kappa shape index (κ3) is 4.03. The molecule has 0 unspecified atom stereocenters. The van der Waals surface area contributed by atoms with Gasteiger partial charge in [0.15, 0.2) is 0 Å². The molecule has 2 heterocycles. The number of carbonyl (C=O) groups is 1. The number of ether oxygens (including phenoxy) is 2. The number of nitrogens with one attached hydrogen (secondary N) is 1. The molecule has 0 atom stereocenters. The van der Waals surface area contributed by atoms with Gasteiger partial charge in [0.1, 0.15) is 12.3 Å². The number of fused-ring (bicyclic) bond motifs is 3. The van der Waals surface area contributed by atoms with Gasteiger partial charge in [0.2, 0.25) is 0 Å². The topological polar surface area (TPSA) is 84.4 Å². The van der Waals surface area contributed by atoms with Crippen molar-refractivity contribution >= 4 is 27.8 Å². The van der Waals surface area contributed by atoms with Gasteiger partial charge in [0.25, 0.3) is 0 Å². The molecule has 30 heavy (non-hydrogen) atoms. The lowest BCUT2D eigenvalue weighted by Gasteiger charge is -2.05. The third-order valence-electron chi connectivity index (χ3n) is 4.71. The van der Waals surface area contributed by atoms with Crippen molar-refractivity contribution in [3.63, 3.8) is 0 Å². The lowest BCUT2D eigenvalue weighted by Crippen LogP contribution is -2.01. The van der Waals surface area contributed by atoms with Crippen molar-refractivity contribution < 1.29 is 19.4 Å². The lowest BCUT2D eigenvalue weighted by molar-refractivity contribution is 0.0691. The summed E-state index contributed by atoms with van der Waals surface area (Å²) in [6, 6.07) is 17.0. The highest BCUT2D eigenvalue weighted by Gasteiger charge is 2.16. The van der Waals surface area contributed by atoms with Crippen molar-refractivity contribution in [3.05, 3.63) is 65.9 Å². The summed E-state index contributed by atoms with van der Waals surface area (Å²) in [5, 5.41) is 11.3. The van der Waals surface area contributed by atoms with Crippen LogP contribution in [0, 0.1) is 11.8 Å². The maximum atomic E-state index is 11.6. The number of methoxy groups -OCH3 is 1. The number of benzene rings is 2. The zero-order valence-electron chi connectivity index (χ0n) is 16.4. The average molecular weight is 400 g/mol. The van der Waals surface area contributed by atoms with E-state index in [1.807, 2.05) is 48.5 Å². The van der Waals surface area contributed by atoms with Gasteiger partial charge in [-0.25, -0.2) is 9.78 Å². The van der Waals surface area contributed by atoms with Crippen molar-refractivity contribution in [1.29, 1.82) is 0 Å². The fraction of sp³-hybridized carbons (Fsp3) is 0.167. The highest BCUT2D eigenvalue weighted by molar-refractivity contribution is 6.12. The molecular weight excluding hydrogens is 380 g/mol. The van der Waals surface area contributed by atoms with Gasteiger partial charge in [-0.1, -0.05) is 42.2 Å². The first kappa shape index (κ1) is 19.6. The van der Waals surface area contributed by atoms with Crippen LogP contribution in [0.4, 0.5) is 0 Å². The van der Waals surface area contributed by atoms with Crippen LogP contribution in [0.2, 0.25) is 0 Å². The van der Waals surface area contributed by atoms with Crippen LogP contribution in [0.5, 0.6) is 0 Å². The second kappa shape index (κ2) is 8.78. The van der Waals surface area contributed by atoms with Gasteiger partial charge < -0.3 is 19.6 Å². The zero-order chi connectivity index (χ0) is 20.9. The summed E-state index contributed by atoms with van der Waals surface area (Å²) in [5.41, 5.74) is 4.02. The van der Waals surface area contributed by atoms with Crippen LogP contribution in [0.1, 0.15) is 16.1 Å². The minimum atomic E-state index is -1.06. The first-order chi connectivity index (χ1) is 14.7. The summed E-state index contributed by atoms with van der Waals surface area (Å²) in [7, 11) is 1.63. The number of pyridine rings is 1. The summed E-state index contributed by atoms with van der Waals surface area (Å²) >= 11 is 0. The van der Waals surface area contributed by atoms with E-state index in [1.54, 1.807) is 13.2 Å². The first-order valence-electron chi connectivity index (χ1n) is 9.48. The summed E-state index contributed by atoms with van der Waals surface area (Å²) < 4.78 is 10.2. The van der Waals surface area contributed by atoms with Crippen molar-refractivity contribution in [3.8, 4) is 23.1 Å². The normalized spacial score (nSPS) is 10.8. The quantitative estimate of drug-likeness (QED) is 0.376. The Labute approximate surface area is 173 Å². The Kier molecular flexibility index (Phi) is 5.75. The van der Waals surface area contributed by atoms with Crippen LogP contribution in [0.15, 0.2) is 54.6 Å². The molecule has 4 aromatic rings. The number of carboxylic acid groups (broad SMARTS) is 1. The first-order valence-corrected chi connectivity index (χ1v) is 9.48. The number of para-hydroxylation sites is 1. The fourth-order valence-electron chi connectivity index (χ4n) is 3.28. The van der Waals surface area contributed by atoms with Crippen LogP contribution < -0.4 is 0 Å². The molecule has 0 aliphatic carbocycles. The SMILES string of the molecule is COCCOCC#Cc1ccc(-c2nc(C(=O)O)cc3c2[nH]c2ccccc23)cc1. The number of rotatable bonds is 6. The van der Waals surface area contributed by atoms with Crippen LogP contribution in [-0.2, 0) is 9.47 Å².